The second kappa shape index (κ2) is 10.1. The van der Waals surface area contributed by atoms with Crippen LogP contribution in [0, 0.1) is 11.8 Å². The van der Waals surface area contributed by atoms with Crippen LogP contribution in [0.1, 0.15) is 6.92 Å². The van der Waals surface area contributed by atoms with Crippen molar-refractivity contribution in [1.82, 2.24) is 19.4 Å². The van der Waals surface area contributed by atoms with E-state index < -0.39 is 54.8 Å². The molecular weight excluding hydrogens is 465 g/mol. The number of anilines is 2. The van der Waals surface area contributed by atoms with E-state index in [0.29, 0.717) is 31.2 Å². The number of hydrogen-bond acceptors (Lipinski definition) is 10. The lowest BCUT2D eigenvalue weighted by atomic mass is 10.3. The van der Waals surface area contributed by atoms with Gasteiger partial charge >= 0.3 is 17.8 Å². The number of alkyl halides is 3. The van der Waals surface area contributed by atoms with Gasteiger partial charge in [-0.3, -0.25) is 18.8 Å². The van der Waals surface area contributed by atoms with Crippen molar-refractivity contribution in [3.8, 4) is 11.8 Å². The number of aliphatic hydroxyl groups is 2. The summed E-state index contributed by atoms with van der Waals surface area (Å²) in [4.78, 5) is 45.7. The molecule has 0 amide bonds. The van der Waals surface area contributed by atoms with E-state index in [4.69, 9.17) is 4.84 Å². The number of piperazine rings is 1. The predicted octanol–water partition coefficient (Wildman–Crippen LogP) is -2.24. The van der Waals surface area contributed by atoms with E-state index >= 15 is 0 Å². The highest BCUT2D eigenvalue weighted by Crippen LogP contribution is 2.38. The van der Waals surface area contributed by atoms with Crippen molar-refractivity contribution in [1.29, 1.82) is 0 Å². The molecular formula is C19H25F3N6O6. The van der Waals surface area contributed by atoms with Crippen molar-refractivity contribution in [3.05, 3.63) is 20.8 Å². The van der Waals surface area contributed by atoms with Crippen molar-refractivity contribution in [3.63, 3.8) is 0 Å². The van der Waals surface area contributed by atoms with Crippen LogP contribution in [0.5, 0.6) is 0 Å². The van der Waals surface area contributed by atoms with Gasteiger partial charge < -0.3 is 25.3 Å². The Hall–Kier alpha value is -3.06. The number of halogens is 3. The van der Waals surface area contributed by atoms with Crippen molar-refractivity contribution >= 4 is 17.5 Å². The maximum absolute atomic E-state index is 13.2. The molecule has 0 bridgehead atoms. The van der Waals surface area contributed by atoms with Gasteiger partial charge in [0.2, 0.25) is 0 Å². The highest BCUT2D eigenvalue weighted by molar-refractivity contribution is 5.80. The van der Waals surface area contributed by atoms with Gasteiger partial charge in [0.15, 0.2) is 17.8 Å². The molecule has 3 rings (SSSR count). The average Bonchev–Trinajstić information content (AvgIpc) is 3.12. The van der Waals surface area contributed by atoms with Crippen LogP contribution in [0.25, 0.3) is 0 Å². The third-order valence-corrected chi connectivity index (χ3v) is 5.40. The number of carbonyl (C=O) groups is 1. The summed E-state index contributed by atoms with van der Waals surface area (Å²) in [6.07, 6.45) is -8.07. The Morgan fingerprint density at radius 2 is 1.94 bits per heavy atom. The van der Waals surface area contributed by atoms with Crippen LogP contribution in [-0.4, -0.2) is 88.1 Å². The summed E-state index contributed by atoms with van der Waals surface area (Å²) in [5.41, 5.74) is -2.06. The van der Waals surface area contributed by atoms with Crippen LogP contribution >= 0.6 is 0 Å². The van der Waals surface area contributed by atoms with Crippen LogP contribution in [0.3, 0.4) is 0 Å². The van der Waals surface area contributed by atoms with Gasteiger partial charge in [0, 0.05) is 33.2 Å². The Kier molecular flexibility index (Phi) is 7.56. The number of nitrogens with zero attached hydrogens (tertiary/aromatic N) is 5. The van der Waals surface area contributed by atoms with E-state index in [1.54, 1.807) is 4.90 Å². The van der Waals surface area contributed by atoms with Gasteiger partial charge in [-0.15, -0.1) is 11.0 Å². The molecule has 15 heteroatoms. The highest BCUT2D eigenvalue weighted by Gasteiger charge is 2.50. The third kappa shape index (κ3) is 4.75. The molecule has 0 radical (unpaired) electrons. The summed E-state index contributed by atoms with van der Waals surface area (Å²) in [5.74, 6) is 2.41. The molecule has 3 N–H and O–H groups in total. The zero-order chi connectivity index (χ0) is 25.2. The van der Waals surface area contributed by atoms with Gasteiger partial charge in [-0.25, -0.2) is 9.59 Å². The van der Waals surface area contributed by atoms with Crippen molar-refractivity contribution in [2.45, 2.75) is 32.0 Å². The minimum Gasteiger partial charge on any atom is -0.394 e. The van der Waals surface area contributed by atoms with Crippen LogP contribution in [0.15, 0.2) is 9.59 Å². The van der Waals surface area contributed by atoms with Gasteiger partial charge in [0.05, 0.1) is 25.8 Å². The monoisotopic (exact) mass is 490 g/mol. The molecule has 2 atom stereocenters. The summed E-state index contributed by atoms with van der Waals surface area (Å²) < 4.78 is 41.0. The molecule has 0 spiro atoms. The molecule has 2 unspecified atom stereocenters. The van der Waals surface area contributed by atoms with E-state index in [1.807, 2.05) is 0 Å². The second-order valence-corrected chi connectivity index (χ2v) is 7.66. The molecule has 1 saturated heterocycles. The fraction of sp³-hybridized carbons (Fsp3) is 0.632. The molecule has 0 aromatic carbocycles. The van der Waals surface area contributed by atoms with E-state index in [0.717, 1.165) is 9.13 Å². The lowest BCUT2D eigenvalue weighted by molar-refractivity contribution is -0.203. The first-order valence-electron chi connectivity index (χ1n) is 10.3. The van der Waals surface area contributed by atoms with E-state index in [-0.39, 0.29) is 12.2 Å². The number of fused-ring (bicyclic) bond motifs is 1. The molecule has 1 aromatic rings. The Balaban J connectivity index is 2.29. The first-order valence-corrected chi connectivity index (χ1v) is 10.3. The largest absolute Gasteiger partial charge is 0.493 e. The smallest absolute Gasteiger partial charge is 0.394 e. The van der Waals surface area contributed by atoms with Gasteiger partial charge in [0.1, 0.15) is 0 Å². The fourth-order valence-electron chi connectivity index (χ4n) is 3.81. The number of carbonyl (C=O) groups excluding carboxylic acids is 1. The van der Waals surface area contributed by atoms with Gasteiger partial charge in [-0.05, 0) is 6.92 Å². The van der Waals surface area contributed by atoms with Crippen LogP contribution in [0.4, 0.5) is 24.7 Å². The topological polar surface area (TPSA) is 133 Å². The summed E-state index contributed by atoms with van der Waals surface area (Å²) in [7, 11) is 1.17. The molecule has 3 heterocycles. The molecule has 1 fully saturated rings. The lowest BCUT2D eigenvalue weighted by Crippen LogP contribution is -2.61. The maximum Gasteiger partial charge on any atom is 0.493 e. The summed E-state index contributed by atoms with van der Waals surface area (Å²) in [6.45, 7) is 1.64. The first kappa shape index (κ1) is 25.6. The Morgan fingerprint density at radius 3 is 2.50 bits per heavy atom. The van der Waals surface area contributed by atoms with Gasteiger partial charge in [-0.2, -0.15) is 13.2 Å². The number of aliphatic hydroxyl groups excluding tert-OH is 2. The van der Waals surface area contributed by atoms with Crippen molar-refractivity contribution in [2.24, 2.45) is 7.05 Å². The van der Waals surface area contributed by atoms with Crippen molar-refractivity contribution in [2.75, 3.05) is 49.3 Å². The zero-order valence-electron chi connectivity index (χ0n) is 18.5. The molecule has 188 valence electrons. The third-order valence-electron chi connectivity index (χ3n) is 5.40. The quantitative estimate of drug-likeness (QED) is 0.376. The SMILES string of the molecule is CC#CCN1c2c(n(CC(O)CO)c(=O)n(C)c2=O)N(OC(=O)C(F)(F)F)C1N1CCNCC1. The summed E-state index contributed by atoms with van der Waals surface area (Å²) >= 11 is 0. The molecule has 34 heavy (non-hydrogen) atoms. The fourth-order valence-corrected chi connectivity index (χ4v) is 3.81. The first-order chi connectivity index (χ1) is 16.0. The normalized spacial score (nSPS) is 19.4. The van der Waals surface area contributed by atoms with Crippen LogP contribution < -0.4 is 26.5 Å². The van der Waals surface area contributed by atoms with E-state index in [2.05, 4.69) is 17.2 Å². The van der Waals surface area contributed by atoms with Crippen LogP contribution in [0.2, 0.25) is 0 Å². The lowest BCUT2D eigenvalue weighted by Gasteiger charge is -2.40. The van der Waals surface area contributed by atoms with Gasteiger partial charge in [0.25, 0.3) is 5.56 Å². The zero-order valence-corrected chi connectivity index (χ0v) is 18.5. The Morgan fingerprint density at radius 1 is 1.29 bits per heavy atom. The Labute approximate surface area is 191 Å². The number of rotatable bonds is 6. The number of nitrogens with one attached hydrogen (secondary N) is 1. The van der Waals surface area contributed by atoms with E-state index in [9.17, 15) is 37.8 Å². The minimum absolute atomic E-state index is 0.131. The summed E-state index contributed by atoms with van der Waals surface area (Å²) in [5, 5.41) is 22.9. The van der Waals surface area contributed by atoms with Crippen LogP contribution in [-0.2, 0) is 23.2 Å². The van der Waals surface area contributed by atoms with Crippen molar-refractivity contribution < 1.29 is 33.0 Å². The second-order valence-electron chi connectivity index (χ2n) is 7.66. The molecule has 2 aliphatic rings. The highest BCUT2D eigenvalue weighted by atomic mass is 19.4. The minimum atomic E-state index is -5.36. The maximum atomic E-state index is 13.2. The van der Waals surface area contributed by atoms with Gasteiger partial charge in [-0.1, -0.05) is 5.92 Å². The standard InChI is InChI=1S/C19H25F3N6O6/c1-3-4-7-26-13-14(27(10-12(30)11-29)18(33)24(2)15(13)31)28(34-16(32)19(20,21)22)17(26)25-8-5-23-6-9-25/h12,17,23,29-30H,5-11H2,1-2H3. The predicted molar refractivity (Wildman–Crippen MR) is 113 cm³/mol. The molecule has 2 aliphatic heterocycles. The molecule has 0 aliphatic carbocycles. The number of hydrogen-bond donors (Lipinski definition) is 3. The molecule has 1 aromatic heterocycles. The average molecular weight is 490 g/mol. The van der Waals surface area contributed by atoms with E-state index in [1.165, 1.54) is 18.9 Å². The molecule has 0 saturated carbocycles. The number of aromatic nitrogens is 2. The number of hydroxylamine groups is 1. The summed E-state index contributed by atoms with van der Waals surface area (Å²) in [6, 6.07) is 0. The Bertz CT molecular complexity index is 1100. The molecule has 12 nitrogen and oxygen atoms in total.